The van der Waals surface area contributed by atoms with Crippen molar-refractivity contribution in [3.63, 3.8) is 0 Å². The quantitative estimate of drug-likeness (QED) is 0.848. The van der Waals surface area contributed by atoms with Crippen molar-refractivity contribution in [2.24, 2.45) is 5.41 Å². The molecule has 5 heteroatoms. The lowest BCUT2D eigenvalue weighted by Gasteiger charge is -2.17. The maximum absolute atomic E-state index is 11.9. The second kappa shape index (κ2) is 7.81. The third-order valence-corrected chi connectivity index (χ3v) is 3.60. The van der Waals surface area contributed by atoms with Gasteiger partial charge in [0.2, 0.25) is 5.91 Å². The molecule has 0 atom stereocenters. The Morgan fingerprint density at radius 2 is 1.92 bits per heavy atom. The van der Waals surface area contributed by atoms with Crippen LogP contribution in [0.2, 0.25) is 0 Å². The summed E-state index contributed by atoms with van der Waals surface area (Å²) in [6.07, 6.45) is 2.50. The van der Waals surface area contributed by atoms with Crippen molar-refractivity contribution in [3.05, 3.63) is 48.2 Å². The lowest BCUT2D eigenvalue weighted by atomic mass is 9.96. The van der Waals surface area contributed by atoms with Gasteiger partial charge in [0.25, 0.3) is 0 Å². The highest BCUT2D eigenvalue weighted by Crippen LogP contribution is 2.19. The van der Waals surface area contributed by atoms with Crippen LogP contribution in [0.15, 0.2) is 42.6 Å². The van der Waals surface area contributed by atoms with Gasteiger partial charge in [-0.3, -0.25) is 4.79 Å². The van der Waals surface area contributed by atoms with E-state index in [9.17, 15) is 4.79 Å². The van der Waals surface area contributed by atoms with Crippen molar-refractivity contribution in [1.82, 2.24) is 4.98 Å². The van der Waals surface area contributed by atoms with Crippen LogP contribution in [0, 0.1) is 5.41 Å². The molecule has 2 rings (SSSR count). The molecule has 0 aliphatic rings. The van der Waals surface area contributed by atoms with Crippen LogP contribution in [0.1, 0.15) is 26.3 Å². The topological polar surface area (TPSA) is 63.2 Å². The van der Waals surface area contributed by atoms with E-state index in [-0.39, 0.29) is 5.91 Å². The fraction of sp³-hybridized carbons (Fsp3) is 0.368. The average molecular weight is 327 g/mol. The molecule has 0 unspecified atom stereocenters. The van der Waals surface area contributed by atoms with Crippen LogP contribution in [0.4, 0.5) is 11.5 Å². The smallest absolute Gasteiger partial charge is 0.229 e. The summed E-state index contributed by atoms with van der Waals surface area (Å²) in [7, 11) is 1.68. The number of carbonyl (C=O) groups excluding carboxylic acids is 1. The minimum Gasteiger partial charge on any atom is -0.496 e. The number of carbonyl (C=O) groups is 1. The van der Waals surface area contributed by atoms with E-state index >= 15 is 0 Å². The molecule has 1 aromatic carbocycles. The summed E-state index contributed by atoms with van der Waals surface area (Å²) in [5.41, 5.74) is 1.43. The van der Waals surface area contributed by atoms with E-state index in [1.165, 1.54) is 0 Å². The third-order valence-electron chi connectivity index (χ3n) is 3.60. The molecule has 0 aliphatic heterocycles. The number of nitrogens with one attached hydrogen (secondary N) is 2. The molecule has 0 radical (unpaired) electrons. The van der Waals surface area contributed by atoms with Gasteiger partial charge in [-0.2, -0.15) is 0 Å². The molecular weight excluding hydrogens is 302 g/mol. The number of hydrogen-bond acceptors (Lipinski definition) is 4. The summed E-state index contributed by atoms with van der Waals surface area (Å²) in [5, 5.41) is 6.14. The first kappa shape index (κ1) is 17.8. The molecule has 24 heavy (non-hydrogen) atoms. The Bertz CT molecular complexity index is 676. The Labute approximate surface area is 143 Å². The second-order valence-electron chi connectivity index (χ2n) is 6.62. The van der Waals surface area contributed by atoms with Crippen LogP contribution < -0.4 is 15.4 Å². The molecule has 0 bridgehead atoms. The Morgan fingerprint density at radius 3 is 2.54 bits per heavy atom. The van der Waals surface area contributed by atoms with E-state index in [0.29, 0.717) is 5.69 Å². The molecule has 1 heterocycles. The van der Waals surface area contributed by atoms with Crippen LogP contribution in [-0.2, 0) is 11.2 Å². The summed E-state index contributed by atoms with van der Waals surface area (Å²) < 4.78 is 5.34. The summed E-state index contributed by atoms with van der Waals surface area (Å²) in [6.45, 7) is 6.39. The largest absolute Gasteiger partial charge is 0.496 e. The zero-order valence-electron chi connectivity index (χ0n) is 14.7. The first-order valence-corrected chi connectivity index (χ1v) is 8.03. The minimum atomic E-state index is -0.425. The molecule has 2 aromatic rings. The fourth-order valence-corrected chi connectivity index (χ4v) is 2.13. The first-order chi connectivity index (χ1) is 11.4. The highest BCUT2D eigenvalue weighted by atomic mass is 16.5. The summed E-state index contributed by atoms with van der Waals surface area (Å²) in [4.78, 5) is 16.3. The molecular formula is C19H25N3O2. The number of aromatic nitrogens is 1. The van der Waals surface area contributed by atoms with Crippen LogP contribution >= 0.6 is 0 Å². The maximum atomic E-state index is 11.9. The van der Waals surface area contributed by atoms with Crippen LogP contribution in [0.25, 0.3) is 0 Å². The highest BCUT2D eigenvalue weighted by molar-refractivity contribution is 5.94. The zero-order chi connectivity index (χ0) is 17.6. The number of rotatable bonds is 6. The van der Waals surface area contributed by atoms with Crippen LogP contribution in [0.5, 0.6) is 5.75 Å². The number of ether oxygens (including phenoxy) is 1. The van der Waals surface area contributed by atoms with E-state index in [0.717, 1.165) is 30.1 Å². The van der Waals surface area contributed by atoms with Gasteiger partial charge in [0, 0.05) is 12.0 Å². The fourth-order valence-electron chi connectivity index (χ4n) is 2.13. The number of para-hydroxylation sites is 1. The van der Waals surface area contributed by atoms with Crippen molar-refractivity contribution < 1.29 is 9.53 Å². The van der Waals surface area contributed by atoms with E-state index in [4.69, 9.17) is 4.74 Å². The number of benzene rings is 1. The number of amides is 1. The Hall–Kier alpha value is -2.56. The molecule has 0 aliphatic carbocycles. The van der Waals surface area contributed by atoms with Gasteiger partial charge in [-0.1, -0.05) is 39.0 Å². The monoisotopic (exact) mass is 327 g/mol. The molecule has 0 spiro atoms. The Morgan fingerprint density at radius 1 is 1.17 bits per heavy atom. The van der Waals surface area contributed by atoms with E-state index < -0.39 is 5.41 Å². The number of anilines is 2. The van der Waals surface area contributed by atoms with Gasteiger partial charge >= 0.3 is 0 Å². The molecule has 5 nitrogen and oxygen atoms in total. The predicted octanol–water partition coefficient (Wildman–Crippen LogP) is 3.73. The van der Waals surface area contributed by atoms with E-state index in [1.807, 2.05) is 51.1 Å². The van der Waals surface area contributed by atoms with Gasteiger partial charge in [0.15, 0.2) is 0 Å². The first-order valence-electron chi connectivity index (χ1n) is 8.03. The molecule has 128 valence electrons. The van der Waals surface area contributed by atoms with Crippen molar-refractivity contribution >= 4 is 17.4 Å². The molecule has 0 fully saturated rings. The average Bonchev–Trinajstić information content (AvgIpc) is 2.56. The van der Waals surface area contributed by atoms with Gasteiger partial charge in [-0.25, -0.2) is 4.98 Å². The second-order valence-corrected chi connectivity index (χ2v) is 6.62. The summed E-state index contributed by atoms with van der Waals surface area (Å²) in [6, 6.07) is 11.7. The normalized spacial score (nSPS) is 11.0. The predicted molar refractivity (Wildman–Crippen MR) is 97.5 cm³/mol. The maximum Gasteiger partial charge on any atom is 0.229 e. The van der Waals surface area contributed by atoms with Crippen molar-refractivity contribution in [3.8, 4) is 5.75 Å². The SMILES string of the molecule is COc1ccccc1CCNc1ccc(NC(=O)C(C)(C)C)cn1. The number of nitrogens with zero attached hydrogens (tertiary/aromatic N) is 1. The number of hydrogen-bond donors (Lipinski definition) is 2. The van der Waals surface area contributed by atoms with Gasteiger partial charge in [-0.05, 0) is 30.2 Å². The highest BCUT2D eigenvalue weighted by Gasteiger charge is 2.21. The Kier molecular flexibility index (Phi) is 5.79. The molecule has 0 saturated heterocycles. The van der Waals surface area contributed by atoms with Gasteiger partial charge < -0.3 is 15.4 Å². The number of pyridine rings is 1. The van der Waals surface area contributed by atoms with Crippen molar-refractivity contribution in [2.45, 2.75) is 27.2 Å². The molecule has 0 saturated carbocycles. The van der Waals surface area contributed by atoms with Crippen molar-refractivity contribution in [2.75, 3.05) is 24.3 Å². The van der Waals surface area contributed by atoms with E-state index in [1.54, 1.807) is 13.3 Å². The standard InChI is InChI=1S/C19H25N3O2/c1-19(2,3)18(23)22-15-9-10-17(21-13-15)20-12-11-14-7-5-6-8-16(14)24-4/h5-10,13H,11-12H2,1-4H3,(H,20,21)(H,22,23). The third kappa shape index (κ3) is 4.98. The molecule has 1 aromatic heterocycles. The summed E-state index contributed by atoms with van der Waals surface area (Å²) in [5.74, 6) is 1.65. The van der Waals surface area contributed by atoms with E-state index in [2.05, 4.69) is 21.7 Å². The minimum absolute atomic E-state index is 0.0267. The van der Waals surface area contributed by atoms with Crippen LogP contribution in [0.3, 0.4) is 0 Å². The lowest BCUT2D eigenvalue weighted by Crippen LogP contribution is -2.27. The molecule has 2 N–H and O–H groups in total. The lowest BCUT2D eigenvalue weighted by molar-refractivity contribution is -0.123. The van der Waals surface area contributed by atoms with Crippen LogP contribution in [-0.4, -0.2) is 24.5 Å². The van der Waals surface area contributed by atoms with Gasteiger partial charge in [0.05, 0.1) is 19.0 Å². The van der Waals surface area contributed by atoms with Gasteiger partial charge in [-0.15, -0.1) is 0 Å². The number of methoxy groups -OCH3 is 1. The van der Waals surface area contributed by atoms with Gasteiger partial charge in [0.1, 0.15) is 11.6 Å². The zero-order valence-corrected chi connectivity index (χ0v) is 14.7. The molecule has 1 amide bonds. The van der Waals surface area contributed by atoms with Crippen molar-refractivity contribution in [1.29, 1.82) is 0 Å². The Balaban J connectivity index is 1.87. The summed E-state index contributed by atoms with van der Waals surface area (Å²) >= 11 is 0.